The second kappa shape index (κ2) is 5.89. The zero-order valence-electron chi connectivity index (χ0n) is 13.6. The van der Waals surface area contributed by atoms with E-state index >= 15 is 0 Å². The molecular weight excluding hydrogens is 278 g/mol. The lowest BCUT2D eigenvalue weighted by atomic mass is 9.80. The Morgan fingerprint density at radius 3 is 3.00 bits per heavy atom. The maximum atomic E-state index is 12.3. The van der Waals surface area contributed by atoms with Crippen LogP contribution in [0, 0.1) is 0 Å². The maximum absolute atomic E-state index is 12.3. The Hall–Kier alpha value is -1.59. The first kappa shape index (κ1) is 15.3. The molecule has 5 heteroatoms. The molecule has 0 aliphatic carbocycles. The predicted molar refractivity (Wildman–Crippen MR) is 87.3 cm³/mol. The molecule has 120 valence electrons. The fraction of sp³-hybridized carbons (Fsp3) is 0.588. The van der Waals surface area contributed by atoms with Crippen molar-refractivity contribution in [2.75, 3.05) is 52.3 Å². The Balaban J connectivity index is 1.67. The summed E-state index contributed by atoms with van der Waals surface area (Å²) in [4.78, 5) is 16.6. The van der Waals surface area contributed by atoms with Gasteiger partial charge in [0, 0.05) is 37.8 Å². The molecule has 1 spiro atoms. The van der Waals surface area contributed by atoms with Crippen molar-refractivity contribution < 1.29 is 9.53 Å². The fourth-order valence-corrected chi connectivity index (χ4v) is 3.59. The Morgan fingerprint density at radius 1 is 1.45 bits per heavy atom. The van der Waals surface area contributed by atoms with Crippen LogP contribution >= 0.6 is 0 Å². The maximum Gasteiger partial charge on any atom is 0.249 e. The van der Waals surface area contributed by atoms with Gasteiger partial charge in [-0.2, -0.15) is 0 Å². The van der Waals surface area contributed by atoms with E-state index in [1.807, 2.05) is 14.1 Å². The third-order valence-corrected chi connectivity index (χ3v) is 4.71. The Bertz CT molecular complexity index is 561. The van der Waals surface area contributed by atoms with Crippen LogP contribution in [0.5, 0.6) is 0 Å². The molecule has 0 bridgehead atoms. The van der Waals surface area contributed by atoms with Crippen LogP contribution in [0.15, 0.2) is 24.3 Å². The molecule has 2 aliphatic heterocycles. The number of nitrogens with one attached hydrogen (secondary N) is 1. The van der Waals surface area contributed by atoms with Crippen molar-refractivity contribution in [2.45, 2.75) is 17.9 Å². The number of fused-ring (bicyclic) bond motifs is 2. The van der Waals surface area contributed by atoms with Crippen molar-refractivity contribution in [1.82, 2.24) is 10.2 Å². The molecule has 0 radical (unpaired) electrons. The van der Waals surface area contributed by atoms with Crippen LogP contribution in [0.25, 0.3) is 0 Å². The zero-order chi connectivity index (χ0) is 15.7. The molecule has 0 saturated carbocycles. The van der Waals surface area contributed by atoms with Gasteiger partial charge in [0.25, 0.3) is 0 Å². The molecule has 1 amide bonds. The van der Waals surface area contributed by atoms with Crippen molar-refractivity contribution in [1.29, 1.82) is 0 Å². The first-order valence-corrected chi connectivity index (χ1v) is 7.86. The van der Waals surface area contributed by atoms with Gasteiger partial charge in [-0.05, 0) is 32.1 Å². The van der Waals surface area contributed by atoms with E-state index in [0.717, 1.165) is 19.5 Å². The van der Waals surface area contributed by atoms with Gasteiger partial charge in [-0.3, -0.25) is 4.79 Å². The van der Waals surface area contributed by atoms with E-state index in [1.165, 1.54) is 11.3 Å². The van der Waals surface area contributed by atoms with Gasteiger partial charge in [-0.15, -0.1) is 0 Å². The van der Waals surface area contributed by atoms with E-state index in [1.54, 1.807) is 0 Å². The summed E-state index contributed by atoms with van der Waals surface area (Å²) in [6.45, 7) is 3.05. The van der Waals surface area contributed by atoms with Crippen LogP contribution in [-0.2, 0) is 14.9 Å². The van der Waals surface area contributed by atoms with Crippen molar-refractivity contribution in [3.05, 3.63) is 29.8 Å². The van der Waals surface area contributed by atoms with Gasteiger partial charge >= 0.3 is 0 Å². The van der Waals surface area contributed by atoms with Crippen molar-refractivity contribution >= 4 is 11.6 Å². The highest BCUT2D eigenvalue weighted by molar-refractivity contribution is 5.81. The number of ether oxygens (including phenoxy) is 1. The number of anilines is 1. The lowest BCUT2D eigenvalue weighted by Gasteiger charge is -2.22. The highest BCUT2D eigenvalue weighted by Gasteiger charge is 2.49. The summed E-state index contributed by atoms with van der Waals surface area (Å²) in [7, 11) is 6.11. The number of hydrogen-bond donors (Lipinski definition) is 1. The first-order chi connectivity index (χ1) is 10.5. The van der Waals surface area contributed by atoms with E-state index in [2.05, 4.69) is 46.4 Å². The number of amides is 1. The molecule has 2 unspecified atom stereocenters. The normalized spacial score (nSPS) is 26.7. The number of likely N-dealkylation sites (N-methyl/N-ethyl adjacent to an activating group) is 2. The molecule has 2 aliphatic rings. The number of hydrogen-bond acceptors (Lipinski definition) is 4. The minimum atomic E-state index is -0.332. The molecule has 2 heterocycles. The molecule has 2 atom stereocenters. The van der Waals surface area contributed by atoms with Crippen molar-refractivity contribution in [3.8, 4) is 0 Å². The van der Waals surface area contributed by atoms with Gasteiger partial charge in [0.1, 0.15) is 6.10 Å². The second-order valence-corrected chi connectivity index (χ2v) is 6.75. The molecular formula is C17H25N3O2. The van der Waals surface area contributed by atoms with E-state index in [4.69, 9.17) is 4.74 Å². The Labute approximate surface area is 132 Å². The number of carbonyl (C=O) groups is 1. The van der Waals surface area contributed by atoms with Gasteiger partial charge in [0.05, 0.1) is 6.61 Å². The van der Waals surface area contributed by atoms with Gasteiger partial charge in [-0.1, -0.05) is 18.2 Å². The summed E-state index contributed by atoms with van der Waals surface area (Å²) in [5.41, 5.74) is 2.55. The number of nitrogens with zero attached hydrogens (tertiary/aromatic N) is 2. The van der Waals surface area contributed by atoms with Crippen LogP contribution < -0.4 is 10.2 Å². The van der Waals surface area contributed by atoms with E-state index in [0.29, 0.717) is 13.2 Å². The minimum absolute atomic E-state index is 0.0192. The quantitative estimate of drug-likeness (QED) is 0.895. The van der Waals surface area contributed by atoms with Crippen LogP contribution in [-0.4, -0.2) is 64.3 Å². The summed E-state index contributed by atoms with van der Waals surface area (Å²) in [6, 6.07) is 8.46. The average molecular weight is 303 g/mol. The lowest BCUT2D eigenvalue weighted by Crippen LogP contribution is -2.39. The highest BCUT2D eigenvalue weighted by Crippen LogP contribution is 2.46. The molecule has 1 N–H and O–H groups in total. The molecule has 1 fully saturated rings. The van der Waals surface area contributed by atoms with Crippen molar-refractivity contribution in [2.24, 2.45) is 0 Å². The smallest absolute Gasteiger partial charge is 0.249 e. The number of rotatable bonds is 4. The van der Waals surface area contributed by atoms with Crippen LogP contribution in [0.2, 0.25) is 0 Å². The summed E-state index contributed by atoms with van der Waals surface area (Å²) in [6.07, 6.45) is 0.434. The van der Waals surface area contributed by atoms with Crippen LogP contribution in [0.3, 0.4) is 0 Å². The molecule has 0 aromatic heterocycles. The molecule has 3 rings (SSSR count). The third-order valence-electron chi connectivity index (χ3n) is 4.71. The molecule has 1 saturated heterocycles. The van der Waals surface area contributed by atoms with Crippen molar-refractivity contribution in [3.63, 3.8) is 0 Å². The zero-order valence-corrected chi connectivity index (χ0v) is 13.6. The topological polar surface area (TPSA) is 44.8 Å². The Kier molecular flexibility index (Phi) is 4.10. The summed E-state index contributed by atoms with van der Waals surface area (Å²) < 4.78 is 5.86. The number of para-hydroxylation sites is 1. The summed E-state index contributed by atoms with van der Waals surface area (Å²) >= 11 is 0. The number of benzene rings is 1. The van der Waals surface area contributed by atoms with Crippen LogP contribution in [0.1, 0.15) is 12.0 Å². The van der Waals surface area contributed by atoms with Gasteiger partial charge in [0.15, 0.2) is 0 Å². The fourth-order valence-electron chi connectivity index (χ4n) is 3.59. The molecule has 1 aromatic rings. The molecule has 22 heavy (non-hydrogen) atoms. The monoisotopic (exact) mass is 303 g/mol. The average Bonchev–Trinajstić information content (AvgIpc) is 3.03. The predicted octanol–water partition coefficient (Wildman–Crippen LogP) is 0.841. The van der Waals surface area contributed by atoms with Gasteiger partial charge in [-0.25, -0.2) is 0 Å². The first-order valence-electron chi connectivity index (χ1n) is 7.86. The lowest BCUT2D eigenvalue weighted by molar-refractivity contribution is -0.130. The van der Waals surface area contributed by atoms with Gasteiger partial charge < -0.3 is 19.9 Å². The second-order valence-electron chi connectivity index (χ2n) is 6.75. The number of carbonyl (C=O) groups excluding carboxylic acids is 1. The van der Waals surface area contributed by atoms with Crippen LogP contribution in [0.4, 0.5) is 5.69 Å². The molecule has 5 nitrogen and oxygen atoms in total. The highest BCUT2D eigenvalue weighted by atomic mass is 16.5. The SMILES string of the molecule is CN(C)CCNC(=O)C1CC2(CO1)CN(C)c1ccccc12. The third kappa shape index (κ3) is 2.71. The summed E-state index contributed by atoms with van der Waals surface area (Å²) in [5, 5.41) is 2.98. The molecule has 1 aromatic carbocycles. The van der Waals surface area contributed by atoms with Gasteiger partial charge in [0.2, 0.25) is 5.91 Å². The van der Waals surface area contributed by atoms with E-state index in [-0.39, 0.29) is 17.4 Å². The standard InChI is InChI=1S/C17H25N3O2/c1-19(2)9-8-18-16(21)15-10-17(12-22-15)11-20(3)14-7-5-4-6-13(14)17/h4-7,15H,8-12H2,1-3H3,(H,18,21). The van der Waals surface area contributed by atoms with E-state index in [9.17, 15) is 4.79 Å². The Morgan fingerprint density at radius 2 is 2.23 bits per heavy atom. The minimum Gasteiger partial charge on any atom is -0.373 e. The van der Waals surface area contributed by atoms with E-state index < -0.39 is 0 Å². The largest absolute Gasteiger partial charge is 0.373 e. The summed E-state index contributed by atoms with van der Waals surface area (Å²) in [5.74, 6) is 0.0192.